The Hall–Kier alpha value is -2.11. The first-order valence-corrected chi connectivity index (χ1v) is 4.92. The van der Waals surface area contributed by atoms with Crippen molar-refractivity contribution in [2.75, 3.05) is 13.7 Å². The van der Waals surface area contributed by atoms with E-state index in [1.807, 2.05) is 0 Å². The van der Waals surface area contributed by atoms with Crippen LogP contribution >= 0.6 is 0 Å². The fourth-order valence-electron chi connectivity index (χ4n) is 1.06. The largest absolute Gasteiger partial charge is 0.478 e. The molecule has 1 aliphatic heterocycles. The van der Waals surface area contributed by atoms with Gasteiger partial charge in [0.05, 0.1) is 7.11 Å². The zero-order valence-electron chi connectivity index (χ0n) is 9.59. The van der Waals surface area contributed by atoms with E-state index in [4.69, 9.17) is 5.11 Å². The Morgan fingerprint density at radius 2 is 2.18 bits per heavy atom. The number of carboxylic acid groups (broad SMARTS) is 1. The van der Waals surface area contributed by atoms with Crippen molar-refractivity contribution in [3.63, 3.8) is 0 Å². The highest BCUT2D eigenvalue weighted by atomic mass is 16.5. The summed E-state index contributed by atoms with van der Waals surface area (Å²) in [5, 5.41) is 8.24. The SMILES string of the molecule is C=CC(=O)OC.O=C(O)C=CN1CCCC1=O. The van der Waals surface area contributed by atoms with Crippen molar-refractivity contribution >= 4 is 17.8 Å². The predicted octanol–water partition coefficient (Wildman–Crippen LogP) is 0.552. The van der Waals surface area contributed by atoms with Gasteiger partial charge >= 0.3 is 11.9 Å². The number of hydrogen-bond donors (Lipinski definition) is 1. The Bertz CT molecular complexity index is 335. The van der Waals surface area contributed by atoms with Crippen molar-refractivity contribution in [1.82, 2.24) is 4.90 Å². The monoisotopic (exact) mass is 241 g/mol. The zero-order chi connectivity index (χ0) is 13.3. The summed E-state index contributed by atoms with van der Waals surface area (Å²) in [6.45, 7) is 3.80. The summed E-state index contributed by atoms with van der Waals surface area (Å²) in [6.07, 6.45) is 4.76. The smallest absolute Gasteiger partial charge is 0.329 e. The van der Waals surface area contributed by atoms with Crippen LogP contribution in [0.4, 0.5) is 0 Å². The van der Waals surface area contributed by atoms with Crippen LogP contribution in [0.5, 0.6) is 0 Å². The van der Waals surface area contributed by atoms with Crippen LogP contribution in [0.25, 0.3) is 0 Å². The van der Waals surface area contributed by atoms with Gasteiger partial charge in [-0.15, -0.1) is 0 Å². The molecule has 1 N–H and O–H groups in total. The minimum absolute atomic E-state index is 0.00231. The van der Waals surface area contributed by atoms with Gasteiger partial charge < -0.3 is 14.7 Å². The van der Waals surface area contributed by atoms with E-state index >= 15 is 0 Å². The second-order valence-corrected chi connectivity index (χ2v) is 3.07. The molecule has 0 unspecified atom stereocenters. The summed E-state index contributed by atoms with van der Waals surface area (Å²) >= 11 is 0. The first kappa shape index (κ1) is 14.9. The number of ether oxygens (including phenoxy) is 1. The van der Waals surface area contributed by atoms with Crippen molar-refractivity contribution in [2.45, 2.75) is 12.8 Å². The number of aliphatic carboxylic acids is 1. The molecule has 0 aromatic heterocycles. The molecular formula is C11H15NO5. The molecule has 1 saturated heterocycles. The van der Waals surface area contributed by atoms with Gasteiger partial charge in [0.2, 0.25) is 5.91 Å². The van der Waals surface area contributed by atoms with Crippen molar-refractivity contribution in [1.29, 1.82) is 0 Å². The van der Waals surface area contributed by atoms with Crippen molar-refractivity contribution in [3.05, 3.63) is 24.9 Å². The van der Waals surface area contributed by atoms with Crippen molar-refractivity contribution < 1.29 is 24.2 Å². The van der Waals surface area contributed by atoms with Crippen LogP contribution in [0.3, 0.4) is 0 Å². The maximum Gasteiger partial charge on any atom is 0.329 e. The fraction of sp³-hybridized carbons (Fsp3) is 0.364. The van der Waals surface area contributed by atoms with E-state index in [1.54, 1.807) is 0 Å². The summed E-state index contributed by atoms with van der Waals surface area (Å²) in [7, 11) is 1.31. The second kappa shape index (κ2) is 8.09. The van der Waals surface area contributed by atoms with Crippen LogP contribution < -0.4 is 0 Å². The summed E-state index contributed by atoms with van der Waals surface area (Å²) < 4.78 is 4.14. The molecule has 1 amide bonds. The van der Waals surface area contributed by atoms with E-state index in [9.17, 15) is 14.4 Å². The van der Waals surface area contributed by atoms with Crippen LogP contribution in [0, 0.1) is 0 Å². The number of nitrogens with zero attached hydrogens (tertiary/aromatic N) is 1. The van der Waals surface area contributed by atoms with Crippen molar-refractivity contribution in [3.8, 4) is 0 Å². The third kappa shape index (κ3) is 6.88. The number of carboxylic acids is 1. The Kier molecular flexibility index (Phi) is 7.09. The molecule has 0 aliphatic carbocycles. The molecule has 6 heteroatoms. The Morgan fingerprint density at radius 1 is 1.53 bits per heavy atom. The number of methoxy groups -OCH3 is 1. The summed E-state index contributed by atoms with van der Waals surface area (Å²) in [6, 6.07) is 0. The second-order valence-electron chi connectivity index (χ2n) is 3.07. The lowest BCUT2D eigenvalue weighted by Crippen LogP contribution is -2.17. The number of carbonyl (C=O) groups is 3. The molecule has 17 heavy (non-hydrogen) atoms. The minimum Gasteiger partial charge on any atom is -0.478 e. The average Bonchev–Trinajstić information content (AvgIpc) is 2.72. The molecule has 0 spiro atoms. The van der Waals surface area contributed by atoms with Gasteiger partial charge in [-0.3, -0.25) is 4.79 Å². The average molecular weight is 241 g/mol. The molecule has 1 fully saturated rings. The molecule has 0 aromatic carbocycles. The maximum atomic E-state index is 10.9. The molecule has 0 aromatic rings. The highest BCUT2D eigenvalue weighted by Crippen LogP contribution is 2.09. The number of amides is 1. The van der Waals surface area contributed by atoms with Crippen LogP contribution in [-0.4, -0.2) is 41.5 Å². The molecule has 6 nitrogen and oxygen atoms in total. The normalized spacial score (nSPS) is 14.2. The Morgan fingerprint density at radius 3 is 2.47 bits per heavy atom. The van der Waals surface area contributed by atoms with Gasteiger partial charge in [0.25, 0.3) is 0 Å². The number of likely N-dealkylation sites (tertiary alicyclic amines) is 1. The molecule has 0 bridgehead atoms. The molecule has 0 saturated carbocycles. The molecule has 0 atom stereocenters. The van der Waals surface area contributed by atoms with Crippen LogP contribution in [0.1, 0.15) is 12.8 Å². The molecule has 1 aliphatic rings. The van der Waals surface area contributed by atoms with Gasteiger partial charge in [-0.1, -0.05) is 6.58 Å². The van der Waals surface area contributed by atoms with Crippen molar-refractivity contribution in [2.24, 2.45) is 0 Å². The van der Waals surface area contributed by atoms with Gasteiger partial charge in [-0.2, -0.15) is 0 Å². The van der Waals surface area contributed by atoms with E-state index in [2.05, 4.69) is 11.3 Å². The molecule has 1 heterocycles. The van der Waals surface area contributed by atoms with E-state index in [0.717, 1.165) is 18.6 Å². The predicted molar refractivity (Wildman–Crippen MR) is 59.9 cm³/mol. The lowest BCUT2D eigenvalue weighted by atomic mass is 10.4. The zero-order valence-corrected chi connectivity index (χ0v) is 9.59. The number of hydrogen-bond acceptors (Lipinski definition) is 4. The number of carbonyl (C=O) groups excluding carboxylic acids is 2. The van der Waals surface area contributed by atoms with Gasteiger partial charge in [0.1, 0.15) is 0 Å². The van der Waals surface area contributed by atoms with E-state index < -0.39 is 11.9 Å². The summed E-state index contributed by atoms with van der Waals surface area (Å²) in [5.74, 6) is -1.41. The molecule has 94 valence electrons. The highest BCUT2D eigenvalue weighted by molar-refractivity contribution is 5.83. The third-order valence-corrected chi connectivity index (χ3v) is 1.87. The topological polar surface area (TPSA) is 83.9 Å². The van der Waals surface area contributed by atoms with E-state index in [-0.39, 0.29) is 5.91 Å². The van der Waals surface area contributed by atoms with Gasteiger partial charge in [0, 0.05) is 31.3 Å². The fourth-order valence-corrected chi connectivity index (χ4v) is 1.06. The first-order valence-electron chi connectivity index (χ1n) is 4.92. The standard InChI is InChI=1S/C7H9NO3.C4H6O2/c9-6-2-1-4-8(6)5-3-7(10)11;1-3-4(5)6-2/h3,5H,1-2,4H2,(H,10,11);3H,1H2,2H3. The highest BCUT2D eigenvalue weighted by Gasteiger charge is 2.17. The van der Waals surface area contributed by atoms with Gasteiger partial charge in [0.15, 0.2) is 0 Å². The van der Waals surface area contributed by atoms with Gasteiger partial charge in [-0.25, -0.2) is 9.59 Å². The lowest BCUT2D eigenvalue weighted by molar-refractivity contribution is -0.135. The first-order chi connectivity index (χ1) is 8.01. The third-order valence-electron chi connectivity index (χ3n) is 1.87. The van der Waals surface area contributed by atoms with Gasteiger partial charge in [-0.05, 0) is 6.42 Å². The maximum absolute atomic E-state index is 10.9. The lowest BCUT2D eigenvalue weighted by Gasteiger charge is -2.06. The molecule has 1 rings (SSSR count). The summed E-state index contributed by atoms with van der Waals surface area (Å²) in [5.41, 5.74) is 0. The van der Waals surface area contributed by atoms with E-state index in [0.29, 0.717) is 13.0 Å². The van der Waals surface area contributed by atoms with Crippen LogP contribution in [0.2, 0.25) is 0 Å². The van der Waals surface area contributed by atoms with E-state index in [1.165, 1.54) is 18.2 Å². The number of rotatable bonds is 3. The quantitative estimate of drug-likeness (QED) is 0.576. The Balaban J connectivity index is 0.000000366. The Labute approximate surface area is 99.2 Å². The molecule has 0 radical (unpaired) electrons. The molecular weight excluding hydrogens is 226 g/mol. The minimum atomic E-state index is -1.02. The number of esters is 1. The van der Waals surface area contributed by atoms with Crippen LogP contribution in [-0.2, 0) is 19.1 Å². The summed E-state index contributed by atoms with van der Waals surface area (Å²) in [4.78, 5) is 32.2. The van der Waals surface area contributed by atoms with Crippen LogP contribution in [0.15, 0.2) is 24.9 Å².